The predicted molar refractivity (Wildman–Crippen MR) is 394 cm³/mol. The Kier molecular flexibility index (Phi) is 12.9. The molecule has 15 aromatic heterocycles. The van der Waals surface area contributed by atoms with Crippen molar-refractivity contribution < 1.29 is 0 Å². The Morgan fingerprint density at radius 1 is 0.173 bits per heavy atom. The highest BCUT2D eigenvalue weighted by atomic mass is 15.1. The van der Waals surface area contributed by atoms with E-state index in [0.29, 0.717) is 225 Å². The fourth-order valence-corrected chi connectivity index (χ4v) is 13.4. The number of hydrogen-bond donors (Lipinski definition) is 2. The topological polar surface area (TPSA) is 315 Å². The number of hydrogen-bond acceptors (Lipinski definition) is 22. The van der Waals surface area contributed by atoms with Gasteiger partial charge in [-0.25, -0.2) is 69.8 Å². The van der Waals surface area contributed by atoms with Crippen molar-refractivity contribution in [2.45, 2.75) is 0 Å². The van der Waals surface area contributed by atoms with Gasteiger partial charge in [0.05, 0.1) is 89.7 Å². The molecular formula is C80H42N24. The molecule has 2 aliphatic rings. The molecular weight excluding hydrogens is 1300 g/mol. The largest absolute Gasteiger partial charge is 0.324 e. The van der Waals surface area contributed by atoms with E-state index >= 15 is 0 Å². The number of aromatic nitrogens is 24. The van der Waals surface area contributed by atoms with E-state index in [4.69, 9.17) is 110 Å². The van der Waals surface area contributed by atoms with Crippen molar-refractivity contribution in [2.75, 3.05) is 0 Å². The fourth-order valence-electron chi connectivity index (χ4n) is 13.4. The molecule has 0 unspecified atom stereocenters. The van der Waals surface area contributed by atoms with Gasteiger partial charge in [0.2, 0.25) is 0 Å². The zero-order valence-electron chi connectivity index (χ0n) is 53.9. The van der Waals surface area contributed by atoms with E-state index in [1.807, 2.05) is 194 Å². The van der Waals surface area contributed by atoms with Gasteiger partial charge in [-0.1, -0.05) is 48.5 Å². The molecule has 24 nitrogen and oxygen atoms in total. The van der Waals surface area contributed by atoms with Crippen LogP contribution in [0.3, 0.4) is 0 Å². The van der Waals surface area contributed by atoms with Gasteiger partial charge in [-0.05, 0) is 146 Å². The summed E-state index contributed by atoms with van der Waals surface area (Å²) in [4.78, 5) is 121. The molecule has 0 amide bonds. The molecule has 0 saturated carbocycles. The highest BCUT2D eigenvalue weighted by Crippen LogP contribution is 2.43. The van der Waals surface area contributed by atoms with Gasteiger partial charge in [0.15, 0.2) is 23.3 Å². The summed E-state index contributed by atoms with van der Waals surface area (Å²) in [5, 5.41) is 2.57. The number of rotatable bonds is 8. The standard InChI is InChI=1S/C80H42N24/c1-9-25-81-49(17-1)65-66(50-18-2-10-26-82-50)90-58-34-42-41(33-57(58)89-65)73-97-74(42)102-76-45-37-61-62(94-70(54-22-6-14-30-86-54)69(93-61)53-21-5-13-29-85-53)38-46(45)78(99-76)104-80-48-40-64-63(95-71(55-23-7-15-31-87-55)72(96-64)56-24-8-16-32-88-56)39-47(48)79(100-80)103-77-44-36-60-59(35-43(44)75(98-77)101-73)91-67(51-19-3-11-27-83-51)68(92-60)52-20-4-12-28-84-52/h1-40H,(H2,97,98,99,100,101,102,103,104). The van der Waals surface area contributed by atoms with E-state index < -0.39 is 0 Å². The minimum atomic E-state index is 0.306. The quantitative estimate of drug-likeness (QED) is 0.143. The Balaban J connectivity index is 0.892. The Morgan fingerprint density at radius 3 is 0.510 bits per heavy atom. The monoisotopic (exact) mass is 1340 g/mol. The first kappa shape index (κ1) is 57.8. The van der Waals surface area contributed by atoms with Gasteiger partial charge in [0.1, 0.15) is 68.1 Å². The first-order valence-electron chi connectivity index (χ1n) is 33.0. The maximum atomic E-state index is 5.55. The summed E-state index contributed by atoms with van der Waals surface area (Å²) in [5.74, 6) is 1.22. The highest BCUT2D eigenvalue weighted by Gasteiger charge is 2.29. The van der Waals surface area contributed by atoms with Crippen LogP contribution < -0.4 is 0 Å². The molecule has 8 bridgehead atoms. The van der Waals surface area contributed by atoms with Crippen molar-refractivity contribution >= 4 is 88.3 Å². The number of pyridine rings is 8. The minimum Gasteiger partial charge on any atom is -0.324 e. The number of benzene rings is 4. The van der Waals surface area contributed by atoms with Gasteiger partial charge in [0.25, 0.3) is 0 Å². The number of aromatic amines is 2. The third kappa shape index (κ3) is 9.69. The molecule has 0 fully saturated rings. The summed E-state index contributed by atoms with van der Waals surface area (Å²) in [5.41, 5.74) is 17.7. The van der Waals surface area contributed by atoms with Crippen LogP contribution in [0, 0.1) is 0 Å². The number of nitrogens with zero attached hydrogens (tertiary/aromatic N) is 22. The van der Waals surface area contributed by atoms with Crippen LogP contribution in [0.15, 0.2) is 244 Å². The second kappa shape index (κ2) is 23.2. The molecule has 0 radical (unpaired) electrons. The van der Waals surface area contributed by atoms with E-state index in [-0.39, 0.29) is 0 Å². The molecule has 2 aliphatic heterocycles. The molecule has 4 aromatic carbocycles. The van der Waals surface area contributed by atoms with Crippen molar-refractivity contribution in [3.8, 4) is 137 Å². The summed E-state index contributed by atoms with van der Waals surface area (Å²) >= 11 is 0. The van der Waals surface area contributed by atoms with Crippen LogP contribution in [0.5, 0.6) is 0 Å². The molecule has 17 heterocycles. The summed E-state index contributed by atoms with van der Waals surface area (Å²) in [6, 6.07) is 61.2. The SMILES string of the molecule is c1ccc(-c2nc3cc4c(cc3nc2-c2ccccn2)-c2nc-4nc3[nH]c(nc4nc(nc5[nH]c(n2)c2cc6nc(-c7ccccn7)c(-c7ccccn7)nc6cc52)-c2cc5nc(-c6ccccn6)c(-c6ccccn6)nc5cc2-4)c2cc4nc(-c5ccccn5)c(-c5ccccn5)nc4cc32)nc1. The molecule has 0 spiro atoms. The van der Waals surface area contributed by atoms with E-state index in [1.165, 1.54) is 0 Å². The third-order valence-corrected chi connectivity index (χ3v) is 18.2. The maximum absolute atomic E-state index is 5.55. The van der Waals surface area contributed by atoms with Crippen molar-refractivity contribution in [2.24, 2.45) is 0 Å². The van der Waals surface area contributed by atoms with E-state index in [9.17, 15) is 0 Å². The lowest BCUT2D eigenvalue weighted by atomic mass is 10.1. The number of nitrogens with one attached hydrogen (secondary N) is 2. The third-order valence-electron chi connectivity index (χ3n) is 18.2. The van der Waals surface area contributed by atoms with Crippen molar-refractivity contribution in [3.05, 3.63) is 244 Å². The average molecular weight is 1340 g/mol. The zero-order chi connectivity index (χ0) is 68.3. The van der Waals surface area contributed by atoms with E-state index in [2.05, 4.69) is 9.97 Å². The smallest absolute Gasteiger partial charge is 0.164 e. The summed E-state index contributed by atoms with van der Waals surface area (Å²) in [7, 11) is 0. The summed E-state index contributed by atoms with van der Waals surface area (Å²) in [6.07, 6.45) is 13.9. The zero-order valence-corrected chi connectivity index (χ0v) is 53.9. The predicted octanol–water partition coefficient (Wildman–Crippen LogP) is 15.1. The van der Waals surface area contributed by atoms with E-state index in [1.54, 1.807) is 49.6 Å². The van der Waals surface area contributed by atoms with Crippen LogP contribution in [0.1, 0.15) is 0 Å². The van der Waals surface area contributed by atoms with Gasteiger partial charge in [-0.3, -0.25) is 39.9 Å². The van der Waals surface area contributed by atoms with Crippen LogP contribution >= 0.6 is 0 Å². The lowest BCUT2D eigenvalue weighted by Crippen LogP contribution is -1.98. The lowest BCUT2D eigenvalue weighted by molar-refractivity contribution is 1.19. The molecule has 24 heteroatoms. The Labute approximate surface area is 585 Å². The molecule has 0 saturated heterocycles. The van der Waals surface area contributed by atoms with Crippen LogP contribution in [-0.2, 0) is 0 Å². The van der Waals surface area contributed by atoms with Gasteiger partial charge in [-0.2, -0.15) is 0 Å². The molecule has 2 N–H and O–H groups in total. The van der Waals surface area contributed by atoms with Gasteiger partial charge < -0.3 is 9.97 Å². The Morgan fingerprint density at radius 2 is 0.346 bits per heavy atom. The Hall–Kier alpha value is -15.2. The van der Waals surface area contributed by atoms with Crippen LogP contribution in [0.25, 0.3) is 225 Å². The average Bonchev–Trinajstić information content (AvgIpc) is 1.55. The first-order chi connectivity index (χ1) is 51.5. The molecule has 104 heavy (non-hydrogen) atoms. The molecule has 0 aliphatic carbocycles. The summed E-state index contributed by atoms with van der Waals surface area (Å²) in [6.45, 7) is 0. The van der Waals surface area contributed by atoms with Crippen molar-refractivity contribution in [3.63, 3.8) is 0 Å². The van der Waals surface area contributed by atoms with Crippen molar-refractivity contribution in [1.29, 1.82) is 0 Å². The van der Waals surface area contributed by atoms with Crippen LogP contribution in [0.2, 0.25) is 0 Å². The van der Waals surface area contributed by atoms with Crippen LogP contribution in [-0.4, -0.2) is 120 Å². The van der Waals surface area contributed by atoms with Crippen LogP contribution in [0.4, 0.5) is 0 Å². The molecule has 21 rings (SSSR count). The second-order valence-electron chi connectivity index (χ2n) is 24.6. The minimum absolute atomic E-state index is 0.306. The van der Waals surface area contributed by atoms with E-state index in [0.717, 1.165) is 0 Å². The van der Waals surface area contributed by atoms with Crippen molar-refractivity contribution in [1.82, 2.24) is 120 Å². The lowest BCUT2D eigenvalue weighted by Gasteiger charge is -2.10. The van der Waals surface area contributed by atoms with Gasteiger partial charge in [0, 0.05) is 93.4 Å². The number of fused-ring (bicyclic) bond motifs is 24. The highest BCUT2D eigenvalue weighted by molar-refractivity contribution is 6.13. The second-order valence-corrected chi connectivity index (χ2v) is 24.6. The first-order valence-corrected chi connectivity index (χ1v) is 33.0. The molecule has 19 aromatic rings. The number of H-pyrrole nitrogens is 2. The Bertz CT molecular complexity index is 6120. The van der Waals surface area contributed by atoms with Gasteiger partial charge >= 0.3 is 0 Å². The molecule has 482 valence electrons. The fraction of sp³-hybridized carbons (Fsp3) is 0. The normalized spacial score (nSPS) is 11.8. The molecule has 0 atom stereocenters. The van der Waals surface area contributed by atoms with Gasteiger partial charge in [-0.15, -0.1) is 0 Å². The maximum Gasteiger partial charge on any atom is 0.164 e. The summed E-state index contributed by atoms with van der Waals surface area (Å²) < 4.78 is 0.